The lowest BCUT2D eigenvalue weighted by molar-refractivity contribution is 0.415. The van der Waals surface area contributed by atoms with Gasteiger partial charge in [-0.05, 0) is 38.3 Å². The number of hydrogen-bond acceptors (Lipinski definition) is 4. The van der Waals surface area contributed by atoms with Crippen molar-refractivity contribution in [3.05, 3.63) is 30.4 Å². The zero-order valence-electron chi connectivity index (χ0n) is 17.4. The highest BCUT2D eigenvalue weighted by atomic mass is 16.5. The molecule has 0 radical (unpaired) electrons. The van der Waals surface area contributed by atoms with Crippen molar-refractivity contribution in [3.8, 4) is 5.75 Å². The summed E-state index contributed by atoms with van der Waals surface area (Å²) in [6.45, 7) is -1.94. The Morgan fingerprint density at radius 3 is 3.37 bits per heavy atom. The average Bonchev–Trinajstić information content (AvgIpc) is 2.53. The van der Waals surface area contributed by atoms with Gasteiger partial charge in [-0.15, -0.1) is 0 Å². The van der Waals surface area contributed by atoms with Crippen LogP contribution in [0.1, 0.15) is 29.3 Å². The van der Waals surface area contributed by atoms with Crippen molar-refractivity contribution in [1.29, 1.82) is 0 Å². The van der Waals surface area contributed by atoms with E-state index < -0.39 is 19.9 Å². The van der Waals surface area contributed by atoms with Gasteiger partial charge in [0.1, 0.15) is 5.75 Å². The molecular weight excluding hydrogens is 238 g/mol. The summed E-state index contributed by atoms with van der Waals surface area (Å²) in [6, 6.07) is 3.51. The van der Waals surface area contributed by atoms with Crippen molar-refractivity contribution in [2.24, 2.45) is 5.73 Å². The Labute approximate surface area is 123 Å². The van der Waals surface area contributed by atoms with Gasteiger partial charge in [-0.1, -0.05) is 6.07 Å². The van der Waals surface area contributed by atoms with Crippen LogP contribution in [0, 0.1) is 0 Å². The van der Waals surface area contributed by atoms with Crippen LogP contribution in [0.15, 0.2) is 30.4 Å². The maximum Gasteiger partial charge on any atom is 0.121 e. The van der Waals surface area contributed by atoms with Gasteiger partial charge in [0.05, 0.1) is 23.7 Å². The normalized spacial score (nSPS) is 19.1. The van der Waals surface area contributed by atoms with E-state index >= 15 is 0 Å². The Balaban J connectivity index is 2.52. The first-order chi connectivity index (χ1) is 12.0. The predicted octanol–water partition coefficient (Wildman–Crippen LogP) is 2.78. The van der Waals surface area contributed by atoms with Crippen molar-refractivity contribution in [1.82, 2.24) is 4.98 Å². The second-order valence-electron chi connectivity index (χ2n) is 4.18. The van der Waals surface area contributed by atoms with E-state index in [1.54, 1.807) is 12.1 Å². The zero-order valence-corrected chi connectivity index (χ0v) is 10.4. The first kappa shape index (κ1) is 7.10. The van der Waals surface area contributed by atoms with Crippen LogP contribution >= 0.6 is 0 Å². The van der Waals surface area contributed by atoms with E-state index in [0.717, 1.165) is 0 Å². The van der Waals surface area contributed by atoms with Crippen LogP contribution in [0.3, 0.4) is 0 Å². The fourth-order valence-corrected chi connectivity index (χ4v) is 1.84. The number of nitrogens with zero attached hydrogens (tertiary/aromatic N) is 1. The third-order valence-electron chi connectivity index (χ3n) is 2.73. The highest BCUT2D eigenvalue weighted by molar-refractivity contribution is 5.91. The van der Waals surface area contributed by atoms with Gasteiger partial charge in [-0.25, -0.2) is 0 Å². The second kappa shape index (κ2) is 6.38. The summed E-state index contributed by atoms with van der Waals surface area (Å²) in [5, 5.41) is 3.28. The maximum absolute atomic E-state index is 8.16. The molecular formula is C15H21N3O. The molecule has 1 atom stereocenters. The minimum absolute atomic E-state index is 0.123. The largest absolute Gasteiger partial charge is 0.497 e. The summed E-state index contributed by atoms with van der Waals surface area (Å²) in [7, 11) is -2.73. The summed E-state index contributed by atoms with van der Waals surface area (Å²) in [4.78, 5) is 4.21. The molecule has 0 saturated carbocycles. The molecule has 4 nitrogen and oxygen atoms in total. The maximum atomic E-state index is 8.16. The fraction of sp³-hybridized carbons (Fsp3) is 0.400. The molecule has 0 fully saturated rings. The molecule has 0 aliphatic rings. The first-order valence-corrected chi connectivity index (χ1v) is 6.07. The Bertz CT molecular complexity index is 761. The molecule has 102 valence electrons. The van der Waals surface area contributed by atoms with Gasteiger partial charge in [0.2, 0.25) is 0 Å². The first-order valence-electron chi connectivity index (χ1n) is 9.57. The molecule has 2 rings (SSSR count). The minimum atomic E-state index is -2.73. The smallest absolute Gasteiger partial charge is 0.121 e. The third kappa shape index (κ3) is 3.35. The molecule has 0 bridgehead atoms. The molecule has 0 spiro atoms. The van der Waals surface area contributed by atoms with Crippen LogP contribution in [0.2, 0.25) is 0 Å². The molecule has 0 aliphatic heterocycles. The van der Waals surface area contributed by atoms with E-state index in [0.29, 0.717) is 36.0 Å². The lowest BCUT2D eigenvalue weighted by atomic mass is 10.1. The number of benzene rings is 1. The monoisotopic (exact) mass is 266 g/mol. The van der Waals surface area contributed by atoms with Crippen LogP contribution in [0.5, 0.6) is 5.75 Å². The van der Waals surface area contributed by atoms with Gasteiger partial charge in [-0.3, -0.25) is 4.98 Å². The van der Waals surface area contributed by atoms with Gasteiger partial charge < -0.3 is 15.8 Å². The van der Waals surface area contributed by atoms with Gasteiger partial charge in [-0.2, -0.15) is 0 Å². The van der Waals surface area contributed by atoms with E-state index in [-0.39, 0.29) is 11.8 Å². The summed E-state index contributed by atoms with van der Waals surface area (Å²) < 4.78 is 58.0. The van der Waals surface area contributed by atoms with Crippen LogP contribution in [0.25, 0.3) is 10.9 Å². The molecule has 4 heteroatoms. The van der Waals surface area contributed by atoms with Crippen LogP contribution in [-0.4, -0.2) is 24.6 Å². The minimum Gasteiger partial charge on any atom is -0.497 e. The van der Waals surface area contributed by atoms with E-state index in [2.05, 4.69) is 10.3 Å². The van der Waals surface area contributed by atoms with Crippen molar-refractivity contribution < 1.29 is 14.3 Å². The number of rotatable bonds is 6. The number of fused-ring (bicyclic) bond motifs is 1. The van der Waals surface area contributed by atoms with Gasteiger partial charge in [0, 0.05) is 27.8 Å². The number of methoxy groups -OCH3 is 1. The van der Waals surface area contributed by atoms with Crippen LogP contribution in [0.4, 0.5) is 5.69 Å². The summed E-state index contributed by atoms with van der Waals surface area (Å²) in [5.74, 6) is -0.170. The highest BCUT2D eigenvalue weighted by Crippen LogP contribution is 2.28. The SMILES string of the molecule is [2H]c1c(OC([2H])([2H])[2H])cc(NC(CCCN)C([2H])([2H])[2H])c2ncccc12. The summed E-state index contributed by atoms with van der Waals surface area (Å²) in [6.07, 6.45) is 2.33. The van der Waals surface area contributed by atoms with Crippen molar-refractivity contribution in [2.45, 2.75) is 25.7 Å². The van der Waals surface area contributed by atoms with Gasteiger partial charge in [0.25, 0.3) is 0 Å². The topological polar surface area (TPSA) is 60.2 Å². The molecule has 0 saturated heterocycles. The van der Waals surface area contributed by atoms with E-state index in [1.807, 2.05) is 0 Å². The number of nitrogens with two attached hydrogens (primary N) is 1. The van der Waals surface area contributed by atoms with E-state index in [4.69, 9.17) is 20.1 Å². The number of pyridine rings is 1. The number of aromatic nitrogens is 1. The predicted molar refractivity (Wildman–Crippen MR) is 79.7 cm³/mol. The molecule has 3 N–H and O–H groups in total. The molecule has 1 unspecified atom stereocenters. The van der Waals surface area contributed by atoms with Crippen molar-refractivity contribution in [2.75, 3.05) is 18.9 Å². The Morgan fingerprint density at radius 2 is 2.58 bits per heavy atom. The number of nitrogens with one attached hydrogen (secondary N) is 1. The third-order valence-corrected chi connectivity index (χ3v) is 2.73. The summed E-state index contributed by atoms with van der Waals surface area (Å²) >= 11 is 0. The Kier molecular flexibility index (Phi) is 2.39. The van der Waals surface area contributed by atoms with Gasteiger partial charge >= 0.3 is 0 Å². The second-order valence-corrected chi connectivity index (χ2v) is 4.18. The molecule has 1 heterocycles. The Hall–Kier alpha value is -1.81. The lowest BCUT2D eigenvalue weighted by Gasteiger charge is -2.17. The quantitative estimate of drug-likeness (QED) is 0.844. The molecule has 1 aromatic carbocycles. The zero-order chi connectivity index (χ0) is 19.5. The van der Waals surface area contributed by atoms with E-state index in [1.165, 1.54) is 12.3 Å². The highest BCUT2D eigenvalue weighted by Gasteiger charge is 2.08. The average molecular weight is 266 g/mol. The summed E-state index contributed by atoms with van der Waals surface area (Å²) in [5.41, 5.74) is 6.16. The molecule has 0 amide bonds. The number of ether oxygens (including phenoxy) is 1. The van der Waals surface area contributed by atoms with Crippen molar-refractivity contribution in [3.63, 3.8) is 0 Å². The molecule has 19 heavy (non-hydrogen) atoms. The molecule has 0 aliphatic carbocycles. The van der Waals surface area contributed by atoms with Crippen LogP contribution in [-0.2, 0) is 0 Å². The van der Waals surface area contributed by atoms with Crippen molar-refractivity contribution >= 4 is 16.6 Å². The number of hydrogen-bond donors (Lipinski definition) is 2. The number of anilines is 1. The standard InChI is InChI=1S/C15H21N3O/c1-11(5-3-7-16)18-14-10-13(19-2)9-12-6-4-8-17-15(12)14/h4,6,8-11,18H,3,5,7,16H2,1-2H3/i1D3,2D3,9D. The Morgan fingerprint density at radius 1 is 1.63 bits per heavy atom. The van der Waals surface area contributed by atoms with E-state index in [9.17, 15) is 0 Å². The van der Waals surface area contributed by atoms with Crippen LogP contribution < -0.4 is 15.8 Å². The fourth-order valence-electron chi connectivity index (χ4n) is 1.84. The van der Waals surface area contributed by atoms with Gasteiger partial charge in [0.15, 0.2) is 0 Å². The molecule has 2 aromatic rings. The lowest BCUT2D eigenvalue weighted by Crippen LogP contribution is -2.17. The molecule has 1 aromatic heterocycles.